The van der Waals surface area contributed by atoms with Crippen LogP contribution >= 0.6 is 22.7 Å². The maximum atomic E-state index is 12.0. The lowest BCUT2D eigenvalue weighted by atomic mass is 10.3. The number of aromatic nitrogens is 1. The molecule has 2 heterocycles. The molecule has 0 aliphatic rings. The molecule has 0 radical (unpaired) electrons. The molecule has 1 unspecified atom stereocenters. The van der Waals surface area contributed by atoms with Crippen molar-refractivity contribution < 1.29 is 9.90 Å². The zero-order chi connectivity index (χ0) is 13.1. The first-order chi connectivity index (χ1) is 8.61. The van der Waals surface area contributed by atoms with Crippen molar-refractivity contribution in [3.05, 3.63) is 28.1 Å². The summed E-state index contributed by atoms with van der Waals surface area (Å²) in [6.45, 7) is 3.52. The molecule has 1 amide bonds. The Morgan fingerprint density at radius 2 is 2.39 bits per heavy atom. The van der Waals surface area contributed by atoms with Gasteiger partial charge in [0.2, 0.25) is 0 Å². The fourth-order valence-electron chi connectivity index (χ4n) is 1.45. The van der Waals surface area contributed by atoms with Gasteiger partial charge in [-0.25, -0.2) is 4.98 Å². The summed E-state index contributed by atoms with van der Waals surface area (Å²) < 4.78 is 0. The summed E-state index contributed by atoms with van der Waals surface area (Å²) in [5.74, 6) is -0.172. The number of thiazole rings is 1. The minimum atomic E-state index is -0.246. The Kier molecular flexibility index (Phi) is 4.11. The maximum absolute atomic E-state index is 12.0. The lowest BCUT2D eigenvalue weighted by Gasteiger charge is -2.09. The third kappa shape index (κ3) is 2.77. The van der Waals surface area contributed by atoms with E-state index in [1.54, 1.807) is 18.3 Å². The molecule has 0 saturated carbocycles. The highest BCUT2D eigenvalue weighted by Crippen LogP contribution is 2.30. The van der Waals surface area contributed by atoms with Gasteiger partial charge in [-0.2, -0.15) is 0 Å². The number of hydrogen-bond acceptors (Lipinski definition) is 5. The van der Waals surface area contributed by atoms with E-state index in [1.807, 2.05) is 24.4 Å². The van der Waals surface area contributed by atoms with Crippen LogP contribution in [0.2, 0.25) is 0 Å². The molecular formula is C12H14N2O2S2. The van der Waals surface area contributed by atoms with Crippen molar-refractivity contribution in [1.82, 2.24) is 10.3 Å². The second kappa shape index (κ2) is 5.60. The quantitative estimate of drug-likeness (QED) is 0.904. The number of aliphatic hydroxyl groups excluding tert-OH is 1. The van der Waals surface area contributed by atoms with Gasteiger partial charge < -0.3 is 10.4 Å². The SMILES string of the molecule is Cc1nc(-c2cccs2)sc1C(=O)NC(C)CO. The van der Waals surface area contributed by atoms with Gasteiger partial charge >= 0.3 is 0 Å². The van der Waals surface area contributed by atoms with E-state index < -0.39 is 0 Å². The first-order valence-corrected chi connectivity index (χ1v) is 7.24. The normalized spacial score (nSPS) is 12.4. The second-order valence-corrected chi connectivity index (χ2v) is 5.91. The van der Waals surface area contributed by atoms with Gasteiger partial charge in [0.1, 0.15) is 9.88 Å². The summed E-state index contributed by atoms with van der Waals surface area (Å²) in [4.78, 5) is 18.1. The molecule has 4 nitrogen and oxygen atoms in total. The van der Waals surface area contributed by atoms with Crippen LogP contribution in [0.15, 0.2) is 17.5 Å². The first-order valence-electron chi connectivity index (χ1n) is 5.55. The number of rotatable bonds is 4. The van der Waals surface area contributed by atoms with Crippen molar-refractivity contribution in [2.45, 2.75) is 19.9 Å². The van der Waals surface area contributed by atoms with Gasteiger partial charge in [0, 0.05) is 6.04 Å². The van der Waals surface area contributed by atoms with Gasteiger partial charge in [0.05, 0.1) is 17.2 Å². The van der Waals surface area contributed by atoms with Crippen molar-refractivity contribution >= 4 is 28.6 Å². The van der Waals surface area contributed by atoms with Crippen LogP contribution in [0.5, 0.6) is 0 Å². The largest absolute Gasteiger partial charge is 0.394 e. The monoisotopic (exact) mass is 282 g/mol. The molecule has 18 heavy (non-hydrogen) atoms. The van der Waals surface area contributed by atoms with Crippen molar-refractivity contribution in [2.75, 3.05) is 6.61 Å². The molecule has 2 rings (SSSR count). The average molecular weight is 282 g/mol. The third-order valence-electron chi connectivity index (χ3n) is 2.39. The van der Waals surface area contributed by atoms with Crippen LogP contribution in [-0.4, -0.2) is 28.6 Å². The summed E-state index contributed by atoms with van der Waals surface area (Å²) in [6.07, 6.45) is 0. The minimum Gasteiger partial charge on any atom is -0.394 e. The van der Waals surface area contributed by atoms with Crippen molar-refractivity contribution in [3.63, 3.8) is 0 Å². The van der Waals surface area contributed by atoms with Crippen LogP contribution in [0.1, 0.15) is 22.3 Å². The number of hydrogen-bond donors (Lipinski definition) is 2. The predicted molar refractivity (Wildman–Crippen MR) is 74.2 cm³/mol. The number of carbonyl (C=O) groups excluding carboxylic acids is 1. The van der Waals surface area contributed by atoms with E-state index in [4.69, 9.17) is 5.11 Å². The number of aryl methyl sites for hydroxylation is 1. The highest BCUT2D eigenvalue weighted by Gasteiger charge is 2.17. The Hall–Kier alpha value is -1.24. The topological polar surface area (TPSA) is 62.2 Å². The van der Waals surface area contributed by atoms with E-state index in [1.165, 1.54) is 11.3 Å². The Morgan fingerprint density at radius 3 is 3.00 bits per heavy atom. The summed E-state index contributed by atoms with van der Waals surface area (Å²) in [7, 11) is 0. The number of aliphatic hydroxyl groups is 1. The summed E-state index contributed by atoms with van der Waals surface area (Å²) in [6, 6.07) is 3.70. The molecule has 6 heteroatoms. The number of nitrogens with one attached hydrogen (secondary N) is 1. The molecule has 0 aromatic carbocycles. The van der Waals surface area contributed by atoms with Gasteiger partial charge in [0.15, 0.2) is 0 Å². The standard InChI is InChI=1S/C12H14N2O2S2/c1-7(6-15)13-11(16)10-8(2)14-12(18-10)9-4-3-5-17-9/h3-5,7,15H,6H2,1-2H3,(H,13,16). The molecule has 0 aliphatic heterocycles. The van der Waals surface area contributed by atoms with E-state index in [0.29, 0.717) is 4.88 Å². The molecule has 2 aromatic heterocycles. The molecule has 0 aliphatic carbocycles. The van der Waals surface area contributed by atoms with Crippen molar-refractivity contribution in [2.24, 2.45) is 0 Å². The predicted octanol–water partition coefficient (Wildman–Crippen LogP) is 2.29. The maximum Gasteiger partial charge on any atom is 0.263 e. The second-order valence-electron chi connectivity index (χ2n) is 3.97. The van der Waals surface area contributed by atoms with Crippen LogP contribution in [0.25, 0.3) is 9.88 Å². The van der Waals surface area contributed by atoms with E-state index in [0.717, 1.165) is 15.6 Å². The number of carbonyl (C=O) groups is 1. The zero-order valence-electron chi connectivity index (χ0n) is 10.1. The summed E-state index contributed by atoms with van der Waals surface area (Å²) in [5, 5.41) is 14.5. The Labute approximate surface area is 113 Å². The van der Waals surface area contributed by atoms with E-state index in [9.17, 15) is 4.79 Å². The fourth-order valence-corrected chi connectivity index (χ4v) is 3.21. The molecule has 0 spiro atoms. The Morgan fingerprint density at radius 1 is 1.61 bits per heavy atom. The van der Waals surface area contributed by atoms with Gasteiger partial charge in [-0.1, -0.05) is 6.07 Å². The molecule has 0 fully saturated rings. The lowest BCUT2D eigenvalue weighted by Crippen LogP contribution is -2.34. The van der Waals surface area contributed by atoms with E-state index in [2.05, 4.69) is 10.3 Å². The van der Waals surface area contributed by atoms with Crippen LogP contribution in [0.4, 0.5) is 0 Å². The van der Waals surface area contributed by atoms with Crippen molar-refractivity contribution in [1.29, 1.82) is 0 Å². The molecular weight excluding hydrogens is 268 g/mol. The fraction of sp³-hybridized carbons (Fsp3) is 0.333. The Balaban J connectivity index is 2.22. The number of nitrogens with zero attached hydrogens (tertiary/aromatic N) is 1. The molecule has 2 N–H and O–H groups in total. The van der Waals surface area contributed by atoms with Gasteiger partial charge in [0.25, 0.3) is 5.91 Å². The third-order valence-corrected chi connectivity index (χ3v) is 4.58. The molecule has 0 bridgehead atoms. The van der Waals surface area contributed by atoms with E-state index >= 15 is 0 Å². The van der Waals surface area contributed by atoms with Crippen LogP contribution in [0, 0.1) is 6.92 Å². The first kappa shape index (κ1) is 13.2. The minimum absolute atomic E-state index is 0.0681. The zero-order valence-corrected chi connectivity index (χ0v) is 11.8. The highest BCUT2D eigenvalue weighted by molar-refractivity contribution is 7.22. The Bertz CT molecular complexity index is 534. The molecule has 0 saturated heterocycles. The van der Waals surface area contributed by atoms with Gasteiger partial charge in [-0.3, -0.25) is 4.79 Å². The lowest BCUT2D eigenvalue weighted by molar-refractivity contribution is 0.0925. The van der Waals surface area contributed by atoms with Crippen LogP contribution < -0.4 is 5.32 Å². The van der Waals surface area contributed by atoms with Gasteiger partial charge in [-0.15, -0.1) is 22.7 Å². The van der Waals surface area contributed by atoms with Gasteiger partial charge in [-0.05, 0) is 25.3 Å². The summed E-state index contributed by atoms with van der Waals surface area (Å²) in [5.41, 5.74) is 0.728. The van der Waals surface area contributed by atoms with E-state index in [-0.39, 0.29) is 18.6 Å². The smallest absolute Gasteiger partial charge is 0.263 e. The average Bonchev–Trinajstić information content (AvgIpc) is 2.97. The molecule has 96 valence electrons. The molecule has 2 aromatic rings. The number of thiophene rings is 1. The summed E-state index contributed by atoms with van der Waals surface area (Å²) >= 11 is 2.99. The molecule has 1 atom stereocenters. The highest BCUT2D eigenvalue weighted by atomic mass is 32.1. The van der Waals surface area contributed by atoms with Crippen molar-refractivity contribution in [3.8, 4) is 9.88 Å². The number of amides is 1. The van der Waals surface area contributed by atoms with Crippen LogP contribution in [-0.2, 0) is 0 Å². The van der Waals surface area contributed by atoms with Crippen LogP contribution in [0.3, 0.4) is 0 Å².